The molecular weight excluding hydrogens is 276 g/mol. The number of carbonyl (C=O) groups is 2. The van der Waals surface area contributed by atoms with Crippen LogP contribution < -0.4 is 11.1 Å². The summed E-state index contributed by atoms with van der Waals surface area (Å²) < 4.78 is 0. The van der Waals surface area contributed by atoms with E-state index in [4.69, 9.17) is 5.73 Å². The molecule has 114 valence electrons. The monoisotopic (exact) mass is 294 g/mol. The average molecular weight is 294 g/mol. The molecule has 2 rings (SSSR count). The van der Waals surface area contributed by atoms with Crippen molar-refractivity contribution in [3.8, 4) is 11.5 Å². The Kier molecular flexibility index (Phi) is 4.04. The van der Waals surface area contributed by atoms with Gasteiger partial charge in [-0.3, -0.25) is 4.79 Å². The second-order valence-electron chi connectivity index (χ2n) is 5.40. The van der Waals surface area contributed by atoms with Crippen molar-refractivity contribution >= 4 is 11.9 Å². The van der Waals surface area contributed by atoms with Crippen LogP contribution in [0.1, 0.15) is 24.8 Å². The first kappa shape index (κ1) is 15.1. The molecule has 1 aromatic carbocycles. The minimum atomic E-state index is -1.18. The van der Waals surface area contributed by atoms with Gasteiger partial charge in [0.1, 0.15) is 6.04 Å². The lowest BCUT2D eigenvalue weighted by molar-refractivity contribution is -0.143. The summed E-state index contributed by atoms with van der Waals surface area (Å²) in [5.74, 6) is -2.27. The minimum absolute atomic E-state index is 0.00894. The van der Waals surface area contributed by atoms with Crippen LogP contribution in [0, 0.1) is 0 Å². The van der Waals surface area contributed by atoms with E-state index in [1.54, 1.807) is 0 Å². The molecule has 0 bridgehead atoms. The predicted octanol–water partition coefficient (Wildman–Crippen LogP) is 0.0911. The summed E-state index contributed by atoms with van der Waals surface area (Å²) in [5, 5.41) is 30.3. The Bertz CT molecular complexity index is 568. The van der Waals surface area contributed by atoms with Gasteiger partial charge in [0.25, 0.3) is 0 Å². The quantitative estimate of drug-likeness (QED) is 0.489. The van der Waals surface area contributed by atoms with Crippen molar-refractivity contribution in [2.24, 2.45) is 5.73 Å². The zero-order valence-corrected chi connectivity index (χ0v) is 11.4. The topological polar surface area (TPSA) is 133 Å². The van der Waals surface area contributed by atoms with Crippen molar-refractivity contribution in [2.45, 2.75) is 37.3 Å². The number of rotatable bonds is 5. The van der Waals surface area contributed by atoms with Gasteiger partial charge in [0.15, 0.2) is 11.5 Å². The van der Waals surface area contributed by atoms with Gasteiger partial charge < -0.3 is 26.4 Å². The molecular formula is C14H18N2O5. The van der Waals surface area contributed by atoms with E-state index >= 15 is 0 Å². The maximum Gasteiger partial charge on any atom is 0.326 e. The fourth-order valence-electron chi connectivity index (χ4n) is 2.22. The molecule has 0 spiro atoms. The molecule has 0 saturated heterocycles. The van der Waals surface area contributed by atoms with Crippen molar-refractivity contribution in [3.05, 3.63) is 23.8 Å². The molecule has 0 aliphatic heterocycles. The van der Waals surface area contributed by atoms with Crippen molar-refractivity contribution in [1.29, 1.82) is 0 Å². The highest BCUT2D eigenvalue weighted by atomic mass is 16.4. The number of nitrogens with one attached hydrogen (secondary N) is 1. The summed E-state index contributed by atoms with van der Waals surface area (Å²) in [4.78, 5) is 23.2. The second kappa shape index (κ2) is 5.61. The van der Waals surface area contributed by atoms with Crippen molar-refractivity contribution in [3.63, 3.8) is 0 Å². The summed E-state index contributed by atoms with van der Waals surface area (Å²) in [7, 11) is 0. The largest absolute Gasteiger partial charge is 0.504 e. The van der Waals surface area contributed by atoms with Crippen LogP contribution in [0.25, 0.3) is 0 Å². The molecule has 21 heavy (non-hydrogen) atoms. The normalized spacial score (nSPS) is 17.6. The van der Waals surface area contributed by atoms with Gasteiger partial charge in [0.2, 0.25) is 5.91 Å². The molecule has 6 N–H and O–H groups in total. The Hall–Kier alpha value is -2.28. The number of aromatic hydroxyl groups is 2. The summed E-state index contributed by atoms with van der Waals surface area (Å²) in [6.45, 7) is 0. The Labute approximate surface area is 121 Å². The van der Waals surface area contributed by atoms with Crippen molar-refractivity contribution in [1.82, 2.24) is 5.32 Å². The Morgan fingerprint density at radius 3 is 2.43 bits per heavy atom. The average Bonchev–Trinajstić information content (AvgIpc) is 2.39. The molecule has 1 unspecified atom stereocenters. The Morgan fingerprint density at radius 2 is 1.95 bits per heavy atom. The predicted molar refractivity (Wildman–Crippen MR) is 73.8 cm³/mol. The Balaban J connectivity index is 2.07. The maximum absolute atomic E-state index is 12.0. The van der Waals surface area contributed by atoms with Gasteiger partial charge in [-0.2, -0.15) is 0 Å². The molecule has 1 fully saturated rings. The van der Waals surface area contributed by atoms with E-state index in [9.17, 15) is 24.9 Å². The van der Waals surface area contributed by atoms with Crippen LogP contribution in [-0.4, -0.2) is 38.8 Å². The van der Waals surface area contributed by atoms with Gasteiger partial charge in [0, 0.05) is 6.42 Å². The maximum atomic E-state index is 12.0. The number of phenols is 2. The smallest absolute Gasteiger partial charge is 0.326 e. The zero-order chi connectivity index (χ0) is 15.6. The number of nitrogens with two attached hydrogens (primary N) is 1. The van der Waals surface area contributed by atoms with Crippen LogP contribution >= 0.6 is 0 Å². The first-order valence-electron chi connectivity index (χ1n) is 6.65. The van der Waals surface area contributed by atoms with Gasteiger partial charge in [-0.25, -0.2) is 4.79 Å². The molecule has 1 atom stereocenters. The number of phenolic OH excluding ortho intramolecular Hbond substituents is 2. The van der Waals surface area contributed by atoms with Crippen LogP contribution in [0.2, 0.25) is 0 Å². The van der Waals surface area contributed by atoms with E-state index in [1.165, 1.54) is 18.2 Å². The van der Waals surface area contributed by atoms with Gasteiger partial charge in [-0.15, -0.1) is 0 Å². The molecule has 1 amide bonds. The number of hydrogen-bond acceptors (Lipinski definition) is 5. The van der Waals surface area contributed by atoms with E-state index in [0.717, 1.165) is 6.42 Å². The fraction of sp³-hybridized carbons (Fsp3) is 0.429. The number of carboxylic acid groups (broad SMARTS) is 1. The number of aliphatic carboxylic acids is 1. The summed E-state index contributed by atoms with van der Waals surface area (Å²) in [6, 6.07) is 2.88. The lowest BCUT2D eigenvalue weighted by atomic mass is 9.77. The molecule has 0 aromatic heterocycles. The highest BCUT2D eigenvalue weighted by Crippen LogP contribution is 2.29. The third kappa shape index (κ3) is 3.25. The highest BCUT2D eigenvalue weighted by Gasteiger charge is 2.41. The molecule has 1 aromatic rings. The minimum Gasteiger partial charge on any atom is -0.504 e. The van der Waals surface area contributed by atoms with E-state index in [1.807, 2.05) is 0 Å². The summed E-state index contributed by atoms with van der Waals surface area (Å²) >= 11 is 0. The molecule has 1 aliphatic rings. The van der Waals surface area contributed by atoms with Crippen LogP contribution in [0.15, 0.2) is 18.2 Å². The molecule has 0 radical (unpaired) electrons. The SMILES string of the molecule is NC1(C(=O)NC(Cc2ccc(O)c(O)c2)C(=O)O)CCC1. The van der Waals surface area contributed by atoms with Crippen molar-refractivity contribution in [2.75, 3.05) is 0 Å². The number of carbonyl (C=O) groups excluding carboxylic acids is 1. The lowest BCUT2D eigenvalue weighted by Crippen LogP contribution is -2.61. The summed E-state index contributed by atoms with van der Waals surface area (Å²) in [6.07, 6.45) is 1.94. The third-order valence-corrected chi connectivity index (χ3v) is 3.78. The molecule has 1 aliphatic carbocycles. The highest BCUT2D eigenvalue weighted by molar-refractivity contribution is 5.90. The third-order valence-electron chi connectivity index (χ3n) is 3.78. The number of carboxylic acids is 1. The van der Waals surface area contributed by atoms with Crippen LogP contribution in [0.3, 0.4) is 0 Å². The summed E-state index contributed by atoms with van der Waals surface area (Å²) in [5.41, 5.74) is 5.37. The lowest BCUT2D eigenvalue weighted by Gasteiger charge is -2.37. The number of hydrogen-bond donors (Lipinski definition) is 5. The molecule has 1 saturated carbocycles. The molecule has 7 heteroatoms. The van der Waals surface area contributed by atoms with Gasteiger partial charge in [-0.05, 0) is 37.0 Å². The van der Waals surface area contributed by atoms with E-state index in [2.05, 4.69) is 5.32 Å². The fourth-order valence-corrected chi connectivity index (χ4v) is 2.22. The van der Waals surface area contributed by atoms with Crippen LogP contribution in [-0.2, 0) is 16.0 Å². The van der Waals surface area contributed by atoms with E-state index < -0.39 is 23.5 Å². The van der Waals surface area contributed by atoms with Gasteiger partial charge in [0.05, 0.1) is 5.54 Å². The van der Waals surface area contributed by atoms with Crippen LogP contribution in [0.4, 0.5) is 0 Å². The van der Waals surface area contributed by atoms with Crippen molar-refractivity contribution < 1.29 is 24.9 Å². The first-order valence-corrected chi connectivity index (χ1v) is 6.65. The second-order valence-corrected chi connectivity index (χ2v) is 5.40. The number of amides is 1. The van der Waals surface area contributed by atoms with E-state index in [0.29, 0.717) is 18.4 Å². The molecule has 7 nitrogen and oxygen atoms in total. The van der Waals surface area contributed by atoms with Gasteiger partial charge >= 0.3 is 5.97 Å². The zero-order valence-electron chi connectivity index (χ0n) is 11.4. The molecule has 0 heterocycles. The number of benzene rings is 1. The van der Waals surface area contributed by atoms with Crippen LogP contribution in [0.5, 0.6) is 11.5 Å². The standard InChI is InChI=1S/C14H18N2O5/c15-14(4-1-5-14)13(21)16-9(12(19)20)6-8-2-3-10(17)11(18)7-8/h2-3,7,9,17-18H,1,4-6,15H2,(H,16,21)(H,19,20). The Morgan fingerprint density at radius 1 is 1.29 bits per heavy atom. The van der Waals surface area contributed by atoms with E-state index in [-0.39, 0.29) is 17.9 Å². The van der Waals surface area contributed by atoms with Gasteiger partial charge in [-0.1, -0.05) is 6.07 Å². The first-order chi connectivity index (χ1) is 9.82.